The molecule has 14 heteroatoms. The average molecular weight is 757 g/mol. The smallest absolute Gasteiger partial charge is 0.416 e. The van der Waals surface area contributed by atoms with Gasteiger partial charge in [-0.2, -0.15) is 13.2 Å². The molecule has 8 nitrogen and oxygen atoms in total. The van der Waals surface area contributed by atoms with E-state index in [0.29, 0.717) is 22.9 Å². The fourth-order valence-electron chi connectivity index (χ4n) is 8.20. The number of carbonyl (C=O) groups is 3. The number of aromatic nitrogens is 1. The van der Waals surface area contributed by atoms with Crippen molar-refractivity contribution in [3.63, 3.8) is 0 Å². The van der Waals surface area contributed by atoms with Crippen LogP contribution in [0, 0.1) is 29.6 Å². The van der Waals surface area contributed by atoms with Crippen LogP contribution in [0.1, 0.15) is 28.3 Å². The molecule has 246 valence electrons. The van der Waals surface area contributed by atoms with Crippen LogP contribution in [-0.4, -0.2) is 34.6 Å². The number of aromatic amines is 1. The summed E-state index contributed by atoms with van der Waals surface area (Å²) in [6, 6.07) is 18.8. The number of thioether (sulfide) groups is 1. The minimum absolute atomic E-state index is 0.0827. The summed E-state index contributed by atoms with van der Waals surface area (Å²) in [7, 11) is 0. The molecule has 7 atom stereocenters. The normalized spacial score (nSPS) is 27.1. The highest BCUT2D eigenvalue weighted by atomic mass is 79.9. The van der Waals surface area contributed by atoms with Gasteiger partial charge in [-0.3, -0.25) is 24.1 Å². The van der Waals surface area contributed by atoms with Gasteiger partial charge in [0.2, 0.25) is 11.8 Å². The van der Waals surface area contributed by atoms with Gasteiger partial charge in [0.05, 0.1) is 28.1 Å². The van der Waals surface area contributed by atoms with Gasteiger partial charge in [0.25, 0.3) is 5.91 Å². The number of H-pyrrole nitrogens is 1. The number of nitrogens with zero attached hydrogens (tertiary/aromatic N) is 1. The highest BCUT2D eigenvalue weighted by molar-refractivity contribution is 9.10. The predicted molar refractivity (Wildman–Crippen MR) is 177 cm³/mol. The maximum atomic E-state index is 14.1. The topological polar surface area (TPSA) is 109 Å². The van der Waals surface area contributed by atoms with Gasteiger partial charge >= 0.3 is 11.0 Å². The molecule has 4 aliphatic rings. The molecule has 4 aromatic rings. The molecule has 8 rings (SSSR count). The first-order chi connectivity index (χ1) is 23.0. The monoisotopic (exact) mass is 755 g/mol. The van der Waals surface area contributed by atoms with E-state index in [-0.39, 0.29) is 46.1 Å². The summed E-state index contributed by atoms with van der Waals surface area (Å²) in [6.07, 6.45) is -4.03. The first-order valence-electron chi connectivity index (χ1n) is 15.2. The van der Waals surface area contributed by atoms with E-state index in [9.17, 15) is 32.3 Å². The third-order valence-electron chi connectivity index (χ3n) is 9.88. The number of hydrogen-bond donors (Lipinski definition) is 2. The number of ether oxygens (including phenoxy) is 1. The summed E-state index contributed by atoms with van der Waals surface area (Å²) in [4.78, 5) is 58.0. The Morgan fingerprint density at radius 2 is 1.73 bits per heavy atom. The second-order valence-corrected chi connectivity index (χ2v) is 15.5. The number of alkyl halides is 3. The van der Waals surface area contributed by atoms with Crippen LogP contribution in [0.25, 0.3) is 0 Å². The Labute approximate surface area is 288 Å². The van der Waals surface area contributed by atoms with Gasteiger partial charge in [-0.25, -0.2) is 0 Å². The number of imide groups is 1. The average Bonchev–Trinajstić information content (AvgIpc) is 3.79. The number of hydrogen-bond acceptors (Lipinski definition) is 7. The second kappa shape index (κ2) is 11.6. The Bertz CT molecular complexity index is 2040. The molecule has 2 aliphatic heterocycles. The van der Waals surface area contributed by atoms with Gasteiger partial charge in [0, 0.05) is 31.8 Å². The van der Waals surface area contributed by atoms with Crippen LogP contribution in [0.15, 0.2) is 87.1 Å². The standard InChI is InChI=1S/C34H25BrF3N3O5S2/c35-16-9-10-22(46-14-23(42)39-17-6-2-1-3-7-17)19(12-16)24-25-20-13-21(28(25)47-30-29(24)48-33(45)40-30)27-26(20)31(43)41(32(27)44)18-8-4-5-15(11-18)34(36,37)38/h1-12,20-21,24-28H,13-14H2,(H,39,42)(H,40,45)/t20-,21-,24+,25-,26+,27+,28-/m1/s1. The molecule has 0 radical (unpaired) electrons. The van der Waals surface area contributed by atoms with Gasteiger partial charge in [-0.05, 0) is 72.7 Å². The molecule has 2 aliphatic carbocycles. The van der Waals surface area contributed by atoms with Crippen molar-refractivity contribution in [3.8, 4) is 5.75 Å². The molecule has 0 spiro atoms. The van der Waals surface area contributed by atoms with E-state index in [1.165, 1.54) is 23.9 Å². The lowest BCUT2D eigenvalue weighted by Gasteiger charge is -2.43. The summed E-state index contributed by atoms with van der Waals surface area (Å²) < 4.78 is 47.5. The molecule has 1 aromatic heterocycles. The highest BCUT2D eigenvalue weighted by Gasteiger charge is 2.70. The van der Waals surface area contributed by atoms with E-state index in [1.807, 2.05) is 24.3 Å². The summed E-state index contributed by atoms with van der Waals surface area (Å²) in [5, 5.41) is 3.35. The second-order valence-electron chi connectivity index (χ2n) is 12.4. The van der Waals surface area contributed by atoms with Crippen molar-refractivity contribution in [1.82, 2.24) is 4.98 Å². The van der Waals surface area contributed by atoms with Crippen molar-refractivity contribution in [2.45, 2.75) is 28.8 Å². The van der Waals surface area contributed by atoms with Crippen molar-refractivity contribution >= 4 is 68.1 Å². The molecule has 3 amide bonds. The minimum Gasteiger partial charge on any atom is -0.483 e. The Balaban J connectivity index is 1.15. The molecule has 2 saturated carbocycles. The molecule has 3 aromatic carbocycles. The van der Waals surface area contributed by atoms with E-state index >= 15 is 0 Å². The fourth-order valence-corrected chi connectivity index (χ4v) is 11.5. The van der Waals surface area contributed by atoms with E-state index in [0.717, 1.165) is 43.3 Å². The number of amides is 3. The van der Waals surface area contributed by atoms with E-state index in [4.69, 9.17) is 4.74 Å². The molecule has 3 fully saturated rings. The van der Waals surface area contributed by atoms with Crippen LogP contribution in [0.3, 0.4) is 0 Å². The minimum atomic E-state index is -4.63. The van der Waals surface area contributed by atoms with Gasteiger partial charge < -0.3 is 15.0 Å². The van der Waals surface area contributed by atoms with Crippen molar-refractivity contribution in [3.05, 3.63) is 103 Å². The third-order valence-corrected chi connectivity index (χ3v) is 13.0. The van der Waals surface area contributed by atoms with Crippen LogP contribution < -0.4 is 19.8 Å². The van der Waals surface area contributed by atoms with Gasteiger partial charge in [-0.1, -0.05) is 51.5 Å². The lowest BCUT2D eigenvalue weighted by Crippen LogP contribution is -2.42. The van der Waals surface area contributed by atoms with Crippen LogP contribution >= 0.6 is 39.0 Å². The number of carbonyl (C=O) groups excluding carboxylic acids is 3. The summed E-state index contributed by atoms with van der Waals surface area (Å²) in [6.45, 7) is -0.273. The number of nitrogens with one attached hydrogen (secondary N) is 2. The Morgan fingerprint density at radius 1 is 0.979 bits per heavy atom. The summed E-state index contributed by atoms with van der Waals surface area (Å²) >= 11 is 6.16. The molecule has 1 saturated heterocycles. The molecular formula is C34H25BrF3N3O5S2. The van der Waals surface area contributed by atoms with Crippen LogP contribution in [0.5, 0.6) is 5.75 Å². The van der Waals surface area contributed by atoms with Crippen molar-refractivity contribution in [1.29, 1.82) is 0 Å². The number of para-hydroxylation sites is 1. The SMILES string of the molecule is O=C(COc1ccc(Br)cc1[C@@H]1c2sc(=O)[nH]c2S[C@@H]2[C@@H]3C[C@@H]([C@@H]4C(=O)N(c5cccc(C(F)(F)F)c5)C(=O)[C@@H]34)[C@H]12)Nc1ccccc1. The zero-order chi connectivity index (χ0) is 33.5. The zero-order valence-corrected chi connectivity index (χ0v) is 27.9. The lowest BCUT2D eigenvalue weighted by molar-refractivity contribution is -0.137. The lowest BCUT2D eigenvalue weighted by atomic mass is 9.68. The number of benzene rings is 3. The molecule has 2 bridgehead atoms. The van der Waals surface area contributed by atoms with Gasteiger partial charge in [-0.15, -0.1) is 11.8 Å². The fraction of sp³-hybridized carbons (Fsp3) is 0.294. The first kappa shape index (κ1) is 31.4. The maximum Gasteiger partial charge on any atom is 0.416 e. The Morgan fingerprint density at radius 3 is 2.48 bits per heavy atom. The molecule has 0 unspecified atom stereocenters. The van der Waals surface area contributed by atoms with E-state index in [1.54, 1.807) is 24.3 Å². The first-order valence-corrected chi connectivity index (χ1v) is 17.7. The molecule has 48 heavy (non-hydrogen) atoms. The number of thiazole rings is 1. The predicted octanol–water partition coefficient (Wildman–Crippen LogP) is 6.91. The van der Waals surface area contributed by atoms with Crippen LogP contribution in [0.4, 0.5) is 24.5 Å². The highest BCUT2D eigenvalue weighted by Crippen LogP contribution is 2.69. The van der Waals surface area contributed by atoms with Crippen molar-refractivity contribution in [2.24, 2.45) is 29.6 Å². The van der Waals surface area contributed by atoms with E-state index in [2.05, 4.69) is 26.2 Å². The maximum absolute atomic E-state index is 14.1. The van der Waals surface area contributed by atoms with Gasteiger partial charge in [0.1, 0.15) is 5.75 Å². The molecule has 2 N–H and O–H groups in total. The van der Waals surface area contributed by atoms with E-state index < -0.39 is 41.3 Å². The third kappa shape index (κ3) is 5.10. The number of halogens is 4. The quantitative estimate of drug-likeness (QED) is 0.207. The van der Waals surface area contributed by atoms with Gasteiger partial charge in [0.15, 0.2) is 6.61 Å². The number of fused-ring (bicyclic) bond motifs is 9. The Hall–Kier alpha value is -3.88. The Kier molecular flexibility index (Phi) is 7.60. The summed E-state index contributed by atoms with van der Waals surface area (Å²) in [5.74, 6) is -3.33. The zero-order valence-electron chi connectivity index (χ0n) is 24.7. The summed E-state index contributed by atoms with van der Waals surface area (Å²) in [5.41, 5.74) is 0.348. The van der Waals surface area contributed by atoms with Crippen molar-refractivity contribution < 1.29 is 32.3 Å². The van der Waals surface area contributed by atoms with Crippen molar-refractivity contribution in [2.75, 3.05) is 16.8 Å². The number of rotatable bonds is 6. The number of anilines is 2. The van der Waals surface area contributed by atoms with Crippen LogP contribution in [0.2, 0.25) is 0 Å². The molecular weight excluding hydrogens is 731 g/mol. The largest absolute Gasteiger partial charge is 0.483 e. The molecule has 3 heterocycles. The van der Waals surface area contributed by atoms with Crippen LogP contribution in [-0.2, 0) is 20.6 Å².